The van der Waals surface area contributed by atoms with E-state index in [-0.39, 0.29) is 0 Å². The molecule has 0 aromatic heterocycles. The number of hydrogen-bond acceptors (Lipinski definition) is 3. The first-order valence-electron chi connectivity index (χ1n) is 5.93. The predicted octanol–water partition coefficient (Wildman–Crippen LogP) is 1.59. The smallest absolute Gasteiger partial charge is 0.124 e. The van der Waals surface area contributed by atoms with Crippen molar-refractivity contribution in [2.24, 2.45) is 0 Å². The van der Waals surface area contributed by atoms with E-state index in [4.69, 9.17) is 4.74 Å². The average Bonchev–Trinajstić information content (AvgIpc) is 2.64. The normalized spacial score (nSPS) is 27.5. The summed E-state index contributed by atoms with van der Waals surface area (Å²) in [6, 6.07) is 6.96. The second kappa shape index (κ2) is 3.67. The van der Waals surface area contributed by atoms with E-state index in [0.29, 0.717) is 12.0 Å². The van der Waals surface area contributed by atoms with Crippen LogP contribution in [0.1, 0.15) is 17.9 Å². The molecule has 0 amide bonds. The summed E-state index contributed by atoms with van der Waals surface area (Å²) >= 11 is 0. The zero-order chi connectivity index (χ0) is 11.1. The summed E-state index contributed by atoms with van der Waals surface area (Å²) in [4.78, 5) is 2.40. The van der Waals surface area contributed by atoms with Crippen molar-refractivity contribution in [1.82, 2.24) is 5.32 Å². The van der Waals surface area contributed by atoms with Gasteiger partial charge in [-0.25, -0.2) is 0 Å². The predicted molar refractivity (Wildman–Crippen MR) is 65.4 cm³/mol. The van der Waals surface area contributed by atoms with E-state index in [1.54, 1.807) is 7.11 Å². The molecule has 2 atom stereocenters. The SMILES string of the molecule is COc1cccc2c1C1CCNCC1N2C. The van der Waals surface area contributed by atoms with Gasteiger partial charge in [-0.3, -0.25) is 0 Å². The van der Waals surface area contributed by atoms with Crippen LogP contribution in [0.15, 0.2) is 18.2 Å². The number of benzene rings is 1. The Labute approximate surface area is 96.4 Å². The fraction of sp³-hybridized carbons (Fsp3) is 0.538. The first-order chi connectivity index (χ1) is 7.83. The number of rotatable bonds is 1. The second-order valence-electron chi connectivity index (χ2n) is 4.67. The van der Waals surface area contributed by atoms with Crippen molar-refractivity contribution >= 4 is 5.69 Å². The summed E-state index contributed by atoms with van der Waals surface area (Å²) in [6.07, 6.45) is 1.21. The molecule has 2 aliphatic rings. The third-order valence-corrected chi connectivity index (χ3v) is 3.96. The average molecular weight is 218 g/mol. The molecule has 2 aliphatic heterocycles. The zero-order valence-electron chi connectivity index (χ0n) is 9.86. The van der Waals surface area contributed by atoms with Gasteiger partial charge in [-0.15, -0.1) is 0 Å². The maximum Gasteiger partial charge on any atom is 0.124 e. The van der Waals surface area contributed by atoms with Crippen LogP contribution in [0, 0.1) is 0 Å². The first-order valence-corrected chi connectivity index (χ1v) is 5.93. The molecule has 3 rings (SSSR count). The zero-order valence-corrected chi connectivity index (χ0v) is 9.86. The van der Waals surface area contributed by atoms with Crippen molar-refractivity contribution < 1.29 is 4.74 Å². The highest BCUT2D eigenvalue weighted by Gasteiger charge is 2.39. The van der Waals surface area contributed by atoms with Crippen LogP contribution < -0.4 is 15.0 Å². The number of ether oxygens (including phenoxy) is 1. The van der Waals surface area contributed by atoms with Gasteiger partial charge >= 0.3 is 0 Å². The number of nitrogens with one attached hydrogen (secondary N) is 1. The number of fused-ring (bicyclic) bond motifs is 3. The second-order valence-corrected chi connectivity index (χ2v) is 4.67. The van der Waals surface area contributed by atoms with Gasteiger partial charge in [0.15, 0.2) is 0 Å². The monoisotopic (exact) mass is 218 g/mol. The molecule has 2 heterocycles. The largest absolute Gasteiger partial charge is 0.496 e. The summed E-state index contributed by atoms with van der Waals surface area (Å²) < 4.78 is 5.51. The standard InChI is InChI=1S/C13H18N2O/c1-15-10-4-3-5-12(16-2)13(10)9-6-7-14-8-11(9)15/h3-5,9,11,14H,6-8H2,1-2H3. The van der Waals surface area contributed by atoms with Gasteiger partial charge in [0.05, 0.1) is 7.11 Å². The molecule has 16 heavy (non-hydrogen) atoms. The fourth-order valence-electron chi connectivity index (χ4n) is 3.16. The Morgan fingerprint density at radius 2 is 2.31 bits per heavy atom. The highest BCUT2D eigenvalue weighted by Crippen LogP contribution is 2.47. The van der Waals surface area contributed by atoms with Gasteiger partial charge in [0.25, 0.3) is 0 Å². The molecule has 1 aromatic rings. The van der Waals surface area contributed by atoms with Crippen LogP contribution in [0.3, 0.4) is 0 Å². The number of hydrogen-bond donors (Lipinski definition) is 1. The van der Waals surface area contributed by atoms with Crippen molar-refractivity contribution in [3.05, 3.63) is 23.8 Å². The summed E-state index contributed by atoms with van der Waals surface area (Å²) in [5, 5.41) is 3.48. The number of likely N-dealkylation sites (N-methyl/N-ethyl adjacent to an activating group) is 1. The maximum absolute atomic E-state index is 5.51. The number of anilines is 1. The van der Waals surface area contributed by atoms with Gasteiger partial charge in [0.1, 0.15) is 5.75 Å². The Balaban J connectivity index is 2.10. The summed E-state index contributed by atoms with van der Waals surface area (Å²) in [5.74, 6) is 1.69. The third kappa shape index (κ3) is 1.24. The minimum Gasteiger partial charge on any atom is -0.496 e. The van der Waals surface area contributed by atoms with Crippen LogP contribution in [-0.2, 0) is 0 Å². The first kappa shape index (κ1) is 9.97. The molecule has 0 aliphatic carbocycles. The highest BCUT2D eigenvalue weighted by atomic mass is 16.5. The van der Waals surface area contributed by atoms with Crippen LogP contribution in [-0.4, -0.2) is 33.3 Å². The molecule has 1 aromatic carbocycles. The number of methoxy groups -OCH3 is 1. The van der Waals surface area contributed by atoms with E-state index in [1.165, 1.54) is 17.7 Å². The van der Waals surface area contributed by atoms with E-state index >= 15 is 0 Å². The molecule has 1 N–H and O–H groups in total. The van der Waals surface area contributed by atoms with E-state index in [2.05, 4.69) is 35.5 Å². The van der Waals surface area contributed by atoms with E-state index < -0.39 is 0 Å². The van der Waals surface area contributed by atoms with Crippen LogP contribution in [0.4, 0.5) is 5.69 Å². The van der Waals surface area contributed by atoms with Crippen LogP contribution in [0.25, 0.3) is 0 Å². The quantitative estimate of drug-likeness (QED) is 0.774. The molecule has 1 fully saturated rings. The van der Waals surface area contributed by atoms with Crippen molar-refractivity contribution in [2.45, 2.75) is 18.4 Å². The Bertz CT molecular complexity index is 405. The Morgan fingerprint density at radius 3 is 3.12 bits per heavy atom. The number of piperidine rings is 1. The topological polar surface area (TPSA) is 24.5 Å². The molecule has 0 bridgehead atoms. The molecule has 3 heteroatoms. The van der Waals surface area contributed by atoms with Gasteiger partial charge in [-0.05, 0) is 25.1 Å². The molecule has 86 valence electrons. The lowest BCUT2D eigenvalue weighted by atomic mass is 9.88. The van der Waals surface area contributed by atoms with Gasteiger partial charge in [0.2, 0.25) is 0 Å². The maximum atomic E-state index is 5.51. The number of nitrogens with zero attached hydrogens (tertiary/aromatic N) is 1. The lowest BCUT2D eigenvalue weighted by molar-refractivity contribution is 0.383. The van der Waals surface area contributed by atoms with Crippen LogP contribution in [0.2, 0.25) is 0 Å². The molecule has 0 saturated carbocycles. The molecule has 3 nitrogen and oxygen atoms in total. The van der Waals surface area contributed by atoms with Gasteiger partial charge in [-0.1, -0.05) is 6.07 Å². The lowest BCUT2D eigenvalue weighted by Gasteiger charge is -2.31. The molecule has 2 unspecified atom stereocenters. The molecule has 1 saturated heterocycles. The summed E-state index contributed by atoms with van der Waals surface area (Å²) in [7, 11) is 3.96. The van der Waals surface area contributed by atoms with Crippen molar-refractivity contribution in [3.63, 3.8) is 0 Å². The molecular formula is C13H18N2O. The van der Waals surface area contributed by atoms with E-state index in [0.717, 1.165) is 18.8 Å². The summed E-state index contributed by atoms with van der Waals surface area (Å²) in [6.45, 7) is 2.20. The molecule has 0 radical (unpaired) electrons. The Hall–Kier alpha value is -1.22. The summed E-state index contributed by atoms with van der Waals surface area (Å²) in [5.41, 5.74) is 2.76. The Kier molecular flexibility index (Phi) is 2.28. The third-order valence-electron chi connectivity index (χ3n) is 3.96. The van der Waals surface area contributed by atoms with Crippen LogP contribution >= 0.6 is 0 Å². The van der Waals surface area contributed by atoms with Crippen LogP contribution in [0.5, 0.6) is 5.75 Å². The molecular weight excluding hydrogens is 200 g/mol. The lowest BCUT2D eigenvalue weighted by Crippen LogP contribution is -2.44. The van der Waals surface area contributed by atoms with Gasteiger partial charge < -0.3 is 15.0 Å². The van der Waals surface area contributed by atoms with Crippen molar-refractivity contribution in [1.29, 1.82) is 0 Å². The van der Waals surface area contributed by atoms with Crippen molar-refractivity contribution in [2.75, 3.05) is 32.1 Å². The Morgan fingerprint density at radius 1 is 1.44 bits per heavy atom. The minimum absolute atomic E-state index is 0.597. The van der Waals surface area contributed by atoms with E-state index in [1.807, 2.05) is 0 Å². The molecule has 0 spiro atoms. The minimum atomic E-state index is 0.597. The van der Waals surface area contributed by atoms with Gasteiger partial charge in [0, 0.05) is 36.8 Å². The van der Waals surface area contributed by atoms with Crippen molar-refractivity contribution in [3.8, 4) is 5.75 Å². The highest BCUT2D eigenvalue weighted by molar-refractivity contribution is 5.66. The van der Waals surface area contributed by atoms with E-state index in [9.17, 15) is 0 Å². The van der Waals surface area contributed by atoms with Gasteiger partial charge in [-0.2, -0.15) is 0 Å². The fourth-order valence-corrected chi connectivity index (χ4v) is 3.16.